The summed E-state index contributed by atoms with van der Waals surface area (Å²) < 4.78 is 0. The monoisotopic (exact) mass is 179 g/mol. The molecular weight excluding hydrogens is 170 g/mol. The zero-order chi connectivity index (χ0) is 7.68. The molecule has 0 aromatic heterocycles. The van der Waals surface area contributed by atoms with E-state index in [1.54, 1.807) is 0 Å². The molecular formula is C10H10ClN. The fourth-order valence-corrected chi connectivity index (χ4v) is 1.24. The lowest BCUT2D eigenvalue weighted by molar-refractivity contribution is 1.84. The molecule has 0 aromatic rings. The van der Waals surface area contributed by atoms with Crippen LogP contribution < -0.4 is 5.73 Å². The minimum atomic E-state index is 0. The van der Waals surface area contributed by atoms with Gasteiger partial charge < -0.3 is 5.73 Å². The Labute approximate surface area is 78.0 Å². The highest BCUT2D eigenvalue weighted by atomic mass is 35.5. The SMILES string of the molecule is Cl.Nc1cc2cccccc-2c1. The normalized spacial score (nSPS) is 9.33. The maximum atomic E-state index is 5.63. The third kappa shape index (κ3) is 1.51. The van der Waals surface area contributed by atoms with Gasteiger partial charge in [0.15, 0.2) is 0 Å². The van der Waals surface area contributed by atoms with Gasteiger partial charge in [0, 0.05) is 5.69 Å². The van der Waals surface area contributed by atoms with Crippen LogP contribution in [0.5, 0.6) is 0 Å². The van der Waals surface area contributed by atoms with Crippen molar-refractivity contribution >= 4 is 18.1 Å². The second-order valence-corrected chi connectivity index (χ2v) is 2.61. The molecule has 62 valence electrons. The summed E-state index contributed by atoms with van der Waals surface area (Å²) in [5, 5.41) is 0. The molecule has 0 saturated carbocycles. The Bertz CT molecular complexity index is 315. The molecule has 0 fully saturated rings. The highest BCUT2D eigenvalue weighted by Gasteiger charge is 1.99. The predicted octanol–water partition coefficient (Wildman–Crippen LogP) is 2.80. The van der Waals surface area contributed by atoms with Crippen molar-refractivity contribution in [2.24, 2.45) is 0 Å². The number of rotatable bonds is 0. The van der Waals surface area contributed by atoms with Gasteiger partial charge in [-0.05, 0) is 23.3 Å². The molecule has 2 N–H and O–H groups in total. The molecule has 0 heterocycles. The lowest BCUT2D eigenvalue weighted by Gasteiger charge is -1.85. The van der Waals surface area contributed by atoms with Crippen molar-refractivity contribution in [2.45, 2.75) is 0 Å². The number of hydrogen-bond acceptors (Lipinski definition) is 1. The van der Waals surface area contributed by atoms with E-state index in [4.69, 9.17) is 5.73 Å². The molecule has 12 heavy (non-hydrogen) atoms. The summed E-state index contributed by atoms with van der Waals surface area (Å²) in [4.78, 5) is 0. The van der Waals surface area contributed by atoms with Crippen LogP contribution in [0.4, 0.5) is 5.69 Å². The number of halogens is 1. The fourth-order valence-electron chi connectivity index (χ4n) is 1.24. The molecule has 0 aromatic carbocycles. The average Bonchev–Trinajstić information content (AvgIpc) is 2.17. The maximum absolute atomic E-state index is 5.63. The highest BCUT2D eigenvalue weighted by Crippen LogP contribution is 2.25. The summed E-state index contributed by atoms with van der Waals surface area (Å²) in [6.07, 6.45) is 0. The first-order valence-corrected chi connectivity index (χ1v) is 3.60. The Morgan fingerprint density at radius 1 is 0.833 bits per heavy atom. The third-order valence-electron chi connectivity index (χ3n) is 1.75. The van der Waals surface area contributed by atoms with E-state index < -0.39 is 0 Å². The van der Waals surface area contributed by atoms with Gasteiger partial charge in [0.05, 0.1) is 0 Å². The molecule has 0 unspecified atom stereocenters. The van der Waals surface area contributed by atoms with E-state index in [9.17, 15) is 0 Å². The van der Waals surface area contributed by atoms with Gasteiger partial charge in [0.1, 0.15) is 0 Å². The van der Waals surface area contributed by atoms with Crippen molar-refractivity contribution in [2.75, 3.05) is 5.73 Å². The predicted molar refractivity (Wildman–Crippen MR) is 54.7 cm³/mol. The van der Waals surface area contributed by atoms with Crippen LogP contribution in [-0.2, 0) is 0 Å². The summed E-state index contributed by atoms with van der Waals surface area (Å²) in [6, 6.07) is 14.1. The van der Waals surface area contributed by atoms with Gasteiger partial charge in [-0.2, -0.15) is 0 Å². The van der Waals surface area contributed by atoms with Crippen LogP contribution in [0, 0.1) is 0 Å². The van der Waals surface area contributed by atoms with Crippen LogP contribution >= 0.6 is 12.4 Å². The summed E-state index contributed by atoms with van der Waals surface area (Å²) in [7, 11) is 0. The van der Waals surface area contributed by atoms with Crippen LogP contribution in [0.2, 0.25) is 0 Å². The molecule has 2 heteroatoms. The molecule has 0 amide bonds. The molecule has 0 atom stereocenters. The largest absolute Gasteiger partial charge is 0.399 e. The van der Waals surface area contributed by atoms with Crippen molar-refractivity contribution in [1.82, 2.24) is 0 Å². The molecule has 2 aliphatic rings. The molecule has 2 aliphatic carbocycles. The lowest BCUT2D eigenvalue weighted by Crippen LogP contribution is -1.74. The van der Waals surface area contributed by atoms with Crippen LogP contribution in [0.3, 0.4) is 0 Å². The van der Waals surface area contributed by atoms with E-state index >= 15 is 0 Å². The quantitative estimate of drug-likeness (QED) is 0.661. The van der Waals surface area contributed by atoms with E-state index in [1.165, 1.54) is 11.1 Å². The summed E-state index contributed by atoms with van der Waals surface area (Å²) >= 11 is 0. The second kappa shape index (κ2) is 3.46. The Hall–Kier alpha value is -1.21. The first-order valence-electron chi connectivity index (χ1n) is 3.60. The number of nitrogen functional groups attached to an aromatic ring is 1. The van der Waals surface area contributed by atoms with Crippen molar-refractivity contribution in [3.05, 3.63) is 42.5 Å². The van der Waals surface area contributed by atoms with Crippen LogP contribution in [0.25, 0.3) is 11.1 Å². The number of hydrogen-bond donors (Lipinski definition) is 1. The highest BCUT2D eigenvalue weighted by molar-refractivity contribution is 5.85. The molecule has 0 bridgehead atoms. The van der Waals surface area contributed by atoms with Crippen LogP contribution in [-0.4, -0.2) is 0 Å². The molecule has 1 nitrogen and oxygen atoms in total. The van der Waals surface area contributed by atoms with Gasteiger partial charge in [-0.3, -0.25) is 0 Å². The van der Waals surface area contributed by atoms with E-state index in [2.05, 4.69) is 12.1 Å². The van der Waals surface area contributed by atoms with Crippen LogP contribution in [0.1, 0.15) is 0 Å². The van der Waals surface area contributed by atoms with Gasteiger partial charge in [-0.15, -0.1) is 12.4 Å². The van der Waals surface area contributed by atoms with Crippen molar-refractivity contribution < 1.29 is 0 Å². The standard InChI is InChI=1S/C10H9N.ClH/c11-10-6-8-4-2-1-3-5-9(8)7-10;/h1-7H,11H2;1H. The van der Waals surface area contributed by atoms with E-state index in [-0.39, 0.29) is 12.4 Å². The smallest absolute Gasteiger partial charge is 0.0326 e. The van der Waals surface area contributed by atoms with E-state index in [0.717, 1.165) is 5.69 Å². The van der Waals surface area contributed by atoms with Crippen molar-refractivity contribution in [1.29, 1.82) is 0 Å². The second-order valence-electron chi connectivity index (χ2n) is 2.61. The summed E-state index contributed by atoms with van der Waals surface area (Å²) in [5.41, 5.74) is 8.87. The molecule has 2 rings (SSSR count). The first kappa shape index (κ1) is 8.88. The minimum Gasteiger partial charge on any atom is -0.399 e. The van der Waals surface area contributed by atoms with Crippen molar-refractivity contribution in [3.8, 4) is 11.1 Å². The topological polar surface area (TPSA) is 26.0 Å². The number of fused-ring (bicyclic) bond motifs is 1. The Morgan fingerprint density at radius 2 is 1.33 bits per heavy atom. The Kier molecular flexibility index (Phi) is 2.56. The van der Waals surface area contributed by atoms with Gasteiger partial charge in [0.2, 0.25) is 0 Å². The van der Waals surface area contributed by atoms with Gasteiger partial charge in [-0.25, -0.2) is 0 Å². The van der Waals surface area contributed by atoms with E-state index in [1.807, 2.05) is 30.3 Å². The number of nitrogens with two attached hydrogens (primary N) is 1. The molecule has 0 saturated heterocycles. The summed E-state index contributed by atoms with van der Waals surface area (Å²) in [6.45, 7) is 0. The Balaban J connectivity index is 0.000000720. The zero-order valence-electron chi connectivity index (χ0n) is 6.53. The number of anilines is 1. The fraction of sp³-hybridized carbons (Fsp3) is 0. The average molecular weight is 180 g/mol. The summed E-state index contributed by atoms with van der Waals surface area (Å²) in [5.74, 6) is 0. The maximum Gasteiger partial charge on any atom is 0.0326 e. The Morgan fingerprint density at radius 3 is 1.83 bits per heavy atom. The van der Waals surface area contributed by atoms with Gasteiger partial charge in [0.25, 0.3) is 0 Å². The minimum absolute atomic E-state index is 0. The van der Waals surface area contributed by atoms with Crippen LogP contribution in [0.15, 0.2) is 42.5 Å². The van der Waals surface area contributed by atoms with E-state index in [0.29, 0.717) is 0 Å². The molecule has 0 radical (unpaired) electrons. The molecule has 0 aliphatic heterocycles. The first-order chi connectivity index (χ1) is 5.36. The third-order valence-corrected chi connectivity index (χ3v) is 1.75. The van der Waals surface area contributed by atoms with Gasteiger partial charge in [-0.1, -0.05) is 30.3 Å². The lowest BCUT2D eigenvalue weighted by atomic mass is 10.2. The van der Waals surface area contributed by atoms with Crippen molar-refractivity contribution in [3.63, 3.8) is 0 Å². The zero-order valence-corrected chi connectivity index (χ0v) is 7.34. The molecule has 0 spiro atoms. The van der Waals surface area contributed by atoms with Gasteiger partial charge >= 0.3 is 0 Å².